The Morgan fingerprint density at radius 2 is 2.00 bits per heavy atom. The van der Waals surface area contributed by atoms with Crippen molar-refractivity contribution >= 4 is 5.91 Å². The molecule has 0 unspecified atom stereocenters. The quantitative estimate of drug-likeness (QED) is 0.782. The van der Waals surface area contributed by atoms with Crippen LogP contribution >= 0.6 is 0 Å². The molecule has 1 heterocycles. The van der Waals surface area contributed by atoms with Crippen molar-refractivity contribution < 1.29 is 14.3 Å². The molecule has 2 aromatic rings. The summed E-state index contributed by atoms with van der Waals surface area (Å²) in [6, 6.07) is 10.1. The highest BCUT2D eigenvalue weighted by molar-refractivity contribution is 5.93. The van der Waals surface area contributed by atoms with Crippen LogP contribution in [0.4, 0.5) is 0 Å². The number of hydrogen-bond donors (Lipinski definition) is 2. The summed E-state index contributed by atoms with van der Waals surface area (Å²) >= 11 is 0. The maximum absolute atomic E-state index is 11.8. The van der Waals surface area contributed by atoms with E-state index in [0.29, 0.717) is 30.2 Å². The van der Waals surface area contributed by atoms with Crippen LogP contribution in [0.15, 0.2) is 47.4 Å². The van der Waals surface area contributed by atoms with Crippen molar-refractivity contribution in [3.63, 3.8) is 0 Å². The summed E-state index contributed by atoms with van der Waals surface area (Å²) < 4.78 is 10.7. The molecule has 1 aromatic heterocycles. The SMILES string of the molecule is COc1ccccc1OCCNC(=O)c1cc[nH]c(=O)c1. The first kappa shape index (κ1) is 14.6. The molecule has 0 atom stereocenters. The van der Waals surface area contributed by atoms with E-state index in [4.69, 9.17) is 9.47 Å². The molecule has 0 aliphatic carbocycles. The summed E-state index contributed by atoms with van der Waals surface area (Å²) in [7, 11) is 1.57. The number of pyridine rings is 1. The van der Waals surface area contributed by atoms with Gasteiger partial charge in [-0.15, -0.1) is 0 Å². The lowest BCUT2D eigenvalue weighted by molar-refractivity contribution is 0.0946. The number of carbonyl (C=O) groups excluding carboxylic acids is 1. The van der Waals surface area contributed by atoms with E-state index < -0.39 is 0 Å². The zero-order chi connectivity index (χ0) is 15.1. The third kappa shape index (κ3) is 4.10. The molecule has 0 radical (unpaired) electrons. The molecule has 0 aliphatic heterocycles. The number of rotatable bonds is 6. The molecule has 0 aliphatic rings. The van der Waals surface area contributed by atoms with Crippen molar-refractivity contribution in [2.45, 2.75) is 0 Å². The lowest BCUT2D eigenvalue weighted by Crippen LogP contribution is -2.28. The molecule has 21 heavy (non-hydrogen) atoms. The van der Waals surface area contributed by atoms with Gasteiger partial charge in [-0.1, -0.05) is 12.1 Å². The van der Waals surface area contributed by atoms with Crippen LogP contribution in [0.5, 0.6) is 11.5 Å². The van der Waals surface area contributed by atoms with E-state index >= 15 is 0 Å². The highest BCUT2D eigenvalue weighted by Crippen LogP contribution is 2.25. The topological polar surface area (TPSA) is 80.4 Å². The van der Waals surface area contributed by atoms with Crippen LogP contribution in [0.2, 0.25) is 0 Å². The van der Waals surface area contributed by atoms with Gasteiger partial charge in [0.25, 0.3) is 5.91 Å². The molecule has 0 saturated carbocycles. The van der Waals surface area contributed by atoms with Gasteiger partial charge in [0.05, 0.1) is 13.7 Å². The van der Waals surface area contributed by atoms with Crippen molar-refractivity contribution in [3.8, 4) is 11.5 Å². The molecule has 1 aromatic carbocycles. The number of hydrogen-bond acceptors (Lipinski definition) is 4. The van der Waals surface area contributed by atoms with Crippen molar-refractivity contribution in [1.29, 1.82) is 0 Å². The standard InChI is InChI=1S/C15H16N2O4/c1-20-12-4-2-3-5-13(12)21-9-8-17-15(19)11-6-7-16-14(18)10-11/h2-7,10H,8-9H2,1H3,(H,16,18)(H,17,19). The number of aromatic amines is 1. The smallest absolute Gasteiger partial charge is 0.251 e. The van der Waals surface area contributed by atoms with E-state index in [1.54, 1.807) is 19.2 Å². The predicted octanol–water partition coefficient (Wildman–Crippen LogP) is 1.19. The Balaban J connectivity index is 1.82. The van der Waals surface area contributed by atoms with E-state index in [2.05, 4.69) is 10.3 Å². The zero-order valence-electron chi connectivity index (χ0n) is 11.6. The first-order valence-corrected chi connectivity index (χ1v) is 6.43. The van der Waals surface area contributed by atoms with Crippen LogP contribution < -0.4 is 20.3 Å². The average Bonchev–Trinajstić information content (AvgIpc) is 2.51. The minimum Gasteiger partial charge on any atom is -0.493 e. The van der Waals surface area contributed by atoms with Gasteiger partial charge in [-0.05, 0) is 18.2 Å². The molecule has 110 valence electrons. The predicted molar refractivity (Wildman–Crippen MR) is 77.9 cm³/mol. The molecule has 0 bridgehead atoms. The Hall–Kier alpha value is -2.76. The van der Waals surface area contributed by atoms with Crippen LogP contribution in [0, 0.1) is 0 Å². The third-order valence-corrected chi connectivity index (χ3v) is 2.75. The van der Waals surface area contributed by atoms with Crippen molar-refractivity contribution in [3.05, 3.63) is 58.5 Å². The molecule has 0 saturated heterocycles. The van der Waals surface area contributed by atoms with Gasteiger partial charge in [-0.2, -0.15) is 0 Å². The molecule has 6 nitrogen and oxygen atoms in total. The lowest BCUT2D eigenvalue weighted by Gasteiger charge is -2.10. The molecular weight excluding hydrogens is 272 g/mol. The van der Waals surface area contributed by atoms with E-state index in [1.807, 2.05) is 12.1 Å². The molecule has 6 heteroatoms. The van der Waals surface area contributed by atoms with Crippen LogP contribution in [0.1, 0.15) is 10.4 Å². The number of aromatic nitrogens is 1. The fraction of sp³-hybridized carbons (Fsp3) is 0.200. The third-order valence-electron chi connectivity index (χ3n) is 2.75. The molecule has 2 N–H and O–H groups in total. The highest BCUT2D eigenvalue weighted by atomic mass is 16.5. The minimum absolute atomic E-state index is 0.301. The second kappa shape index (κ2) is 7.14. The number of ether oxygens (including phenoxy) is 2. The second-order valence-electron chi connectivity index (χ2n) is 4.20. The van der Waals surface area contributed by atoms with Crippen molar-refractivity contribution in [1.82, 2.24) is 10.3 Å². The lowest BCUT2D eigenvalue weighted by atomic mass is 10.2. The summed E-state index contributed by atoms with van der Waals surface area (Å²) in [6.07, 6.45) is 1.43. The van der Waals surface area contributed by atoms with Crippen LogP contribution in [-0.2, 0) is 0 Å². The van der Waals surface area contributed by atoms with Gasteiger partial charge in [0.15, 0.2) is 11.5 Å². The first-order valence-electron chi connectivity index (χ1n) is 6.43. The zero-order valence-corrected chi connectivity index (χ0v) is 11.6. The van der Waals surface area contributed by atoms with Crippen LogP contribution in [-0.4, -0.2) is 31.2 Å². The second-order valence-corrected chi connectivity index (χ2v) is 4.20. The monoisotopic (exact) mass is 288 g/mol. The normalized spacial score (nSPS) is 9.95. The summed E-state index contributed by atoms with van der Waals surface area (Å²) in [5, 5.41) is 2.68. The number of methoxy groups -OCH3 is 1. The van der Waals surface area contributed by atoms with Gasteiger partial charge < -0.3 is 19.8 Å². The van der Waals surface area contributed by atoms with Crippen LogP contribution in [0.25, 0.3) is 0 Å². The Labute approximate surface area is 121 Å². The maximum Gasteiger partial charge on any atom is 0.251 e. The summed E-state index contributed by atoms with van der Waals surface area (Å²) in [5.41, 5.74) is 0.00367. The Bertz CT molecular complexity index is 666. The first-order chi connectivity index (χ1) is 10.2. The number of amides is 1. The number of benzene rings is 1. The van der Waals surface area contributed by atoms with Crippen LogP contribution in [0.3, 0.4) is 0 Å². The van der Waals surface area contributed by atoms with Gasteiger partial charge >= 0.3 is 0 Å². The number of para-hydroxylation sites is 2. The minimum atomic E-state index is -0.315. The molecule has 2 rings (SSSR count). The van der Waals surface area contributed by atoms with Gasteiger partial charge in [0.1, 0.15) is 6.61 Å². The Morgan fingerprint density at radius 3 is 2.71 bits per heavy atom. The molecular formula is C15H16N2O4. The van der Waals surface area contributed by atoms with Gasteiger partial charge in [-0.25, -0.2) is 0 Å². The molecule has 0 fully saturated rings. The summed E-state index contributed by atoms with van der Waals surface area (Å²) in [5.74, 6) is 0.938. The van der Waals surface area contributed by atoms with Crippen molar-refractivity contribution in [2.75, 3.05) is 20.3 Å². The fourth-order valence-corrected chi connectivity index (χ4v) is 1.75. The van der Waals surface area contributed by atoms with E-state index in [0.717, 1.165) is 0 Å². The highest BCUT2D eigenvalue weighted by Gasteiger charge is 2.06. The Morgan fingerprint density at radius 1 is 1.24 bits per heavy atom. The number of H-pyrrole nitrogens is 1. The Kier molecular flexibility index (Phi) is 4.98. The van der Waals surface area contributed by atoms with Crippen molar-refractivity contribution in [2.24, 2.45) is 0 Å². The van der Waals surface area contributed by atoms with Gasteiger partial charge in [0, 0.05) is 17.8 Å². The van der Waals surface area contributed by atoms with E-state index in [-0.39, 0.29) is 11.5 Å². The van der Waals surface area contributed by atoms with E-state index in [1.165, 1.54) is 18.3 Å². The fourth-order valence-electron chi connectivity index (χ4n) is 1.75. The average molecular weight is 288 g/mol. The molecule has 0 spiro atoms. The summed E-state index contributed by atoms with van der Waals surface area (Å²) in [6.45, 7) is 0.624. The van der Waals surface area contributed by atoms with E-state index in [9.17, 15) is 9.59 Å². The molecule has 1 amide bonds. The number of nitrogens with one attached hydrogen (secondary N) is 2. The summed E-state index contributed by atoms with van der Waals surface area (Å²) in [4.78, 5) is 25.3. The number of carbonyl (C=O) groups is 1. The maximum atomic E-state index is 11.8. The largest absolute Gasteiger partial charge is 0.493 e. The van der Waals surface area contributed by atoms with Gasteiger partial charge in [-0.3, -0.25) is 9.59 Å². The van der Waals surface area contributed by atoms with Gasteiger partial charge in [0.2, 0.25) is 5.56 Å².